The van der Waals surface area contributed by atoms with Crippen LogP contribution in [0.4, 0.5) is 0 Å². The standard InChI is InChI=1S/C16H23N/c1-4-17-15-13-10-9-11-7-5-6-8-12(11)14(13)16(15,2)3/h5-8,13-15,17H,4,9-10H2,1-3H3. The maximum Gasteiger partial charge on any atom is 0.0158 e. The van der Waals surface area contributed by atoms with E-state index in [2.05, 4.69) is 50.4 Å². The Labute approximate surface area is 105 Å². The molecule has 1 fully saturated rings. The molecule has 1 heteroatoms. The predicted octanol–water partition coefficient (Wildman–Crippen LogP) is 3.35. The summed E-state index contributed by atoms with van der Waals surface area (Å²) < 4.78 is 0. The third-order valence-corrected chi connectivity index (χ3v) is 5.02. The lowest BCUT2D eigenvalue weighted by atomic mass is 9.46. The number of nitrogens with one attached hydrogen (secondary N) is 1. The lowest BCUT2D eigenvalue weighted by Crippen LogP contribution is -2.63. The van der Waals surface area contributed by atoms with Crippen LogP contribution < -0.4 is 5.32 Å². The second-order valence-electron chi connectivity index (χ2n) is 6.24. The summed E-state index contributed by atoms with van der Waals surface area (Å²) in [7, 11) is 0. The van der Waals surface area contributed by atoms with Crippen molar-refractivity contribution in [2.45, 2.75) is 45.6 Å². The molecule has 17 heavy (non-hydrogen) atoms. The third-order valence-electron chi connectivity index (χ3n) is 5.02. The largest absolute Gasteiger partial charge is 0.313 e. The fraction of sp³-hybridized carbons (Fsp3) is 0.625. The first-order valence-corrected chi connectivity index (χ1v) is 6.97. The van der Waals surface area contributed by atoms with Crippen LogP contribution in [0.2, 0.25) is 0 Å². The summed E-state index contributed by atoms with van der Waals surface area (Å²) >= 11 is 0. The van der Waals surface area contributed by atoms with E-state index in [1.807, 2.05) is 0 Å². The highest BCUT2D eigenvalue weighted by Gasteiger charge is 2.57. The van der Waals surface area contributed by atoms with Gasteiger partial charge < -0.3 is 5.32 Å². The van der Waals surface area contributed by atoms with Crippen molar-refractivity contribution in [3.63, 3.8) is 0 Å². The molecule has 0 radical (unpaired) electrons. The Hall–Kier alpha value is -0.820. The molecule has 1 aromatic carbocycles. The predicted molar refractivity (Wildman–Crippen MR) is 72.2 cm³/mol. The molecule has 3 unspecified atom stereocenters. The molecule has 0 aliphatic heterocycles. The maximum absolute atomic E-state index is 3.70. The molecule has 2 aliphatic rings. The van der Waals surface area contributed by atoms with E-state index in [0.717, 1.165) is 18.4 Å². The Morgan fingerprint density at radius 1 is 1.29 bits per heavy atom. The Kier molecular flexibility index (Phi) is 2.55. The van der Waals surface area contributed by atoms with Gasteiger partial charge in [0.1, 0.15) is 0 Å². The van der Waals surface area contributed by atoms with Crippen LogP contribution >= 0.6 is 0 Å². The van der Waals surface area contributed by atoms with Gasteiger partial charge in [0.25, 0.3) is 0 Å². The number of hydrogen-bond acceptors (Lipinski definition) is 1. The lowest BCUT2D eigenvalue weighted by Gasteiger charge is -2.61. The number of hydrogen-bond donors (Lipinski definition) is 1. The van der Waals surface area contributed by atoms with Gasteiger partial charge in [0, 0.05) is 6.04 Å². The highest BCUT2D eigenvalue weighted by Crippen LogP contribution is 2.60. The van der Waals surface area contributed by atoms with Crippen LogP contribution in [0.15, 0.2) is 24.3 Å². The average Bonchev–Trinajstić information content (AvgIpc) is 2.34. The molecule has 0 amide bonds. The molecule has 1 N–H and O–H groups in total. The van der Waals surface area contributed by atoms with Crippen molar-refractivity contribution in [3.8, 4) is 0 Å². The van der Waals surface area contributed by atoms with Crippen molar-refractivity contribution in [2.24, 2.45) is 11.3 Å². The first-order chi connectivity index (χ1) is 8.16. The van der Waals surface area contributed by atoms with Crippen LogP contribution in [0.1, 0.15) is 44.2 Å². The molecular weight excluding hydrogens is 206 g/mol. The highest BCUT2D eigenvalue weighted by atomic mass is 15.0. The van der Waals surface area contributed by atoms with Crippen LogP contribution in [0, 0.1) is 11.3 Å². The van der Waals surface area contributed by atoms with Gasteiger partial charge in [0.2, 0.25) is 0 Å². The quantitative estimate of drug-likeness (QED) is 0.820. The van der Waals surface area contributed by atoms with E-state index in [1.54, 1.807) is 11.1 Å². The smallest absolute Gasteiger partial charge is 0.0158 e. The van der Waals surface area contributed by atoms with E-state index >= 15 is 0 Å². The SMILES string of the molecule is CCNC1C2CCc3ccccc3C2C1(C)C. The minimum Gasteiger partial charge on any atom is -0.313 e. The minimum absolute atomic E-state index is 0.414. The van der Waals surface area contributed by atoms with E-state index in [0.29, 0.717) is 11.5 Å². The highest BCUT2D eigenvalue weighted by molar-refractivity contribution is 5.39. The molecule has 1 nitrogen and oxygen atoms in total. The summed E-state index contributed by atoms with van der Waals surface area (Å²) in [6.07, 6.45) is 2.64. The molecule has 0 heterocycles. The van der Waals surface area contributed by atoms with Crippen LogP contribution in [0.3, 0.4) is 0 Å². The van der Waals surface area contributed by atoms with Crippen LogP contribution in [0.25, 0.3) is 0 Å². The maximum atomic E-state index is 3.70. The topological polar surface area (TPSA) is 12.0 Å². The Morgan fingerprint density at radius 2 is 2.06 bits per heavy atom. The molecule has 0 spiro atoms. The second-order valence-corrected chi connectivity index (χ2v) is 6.24. The van der Waals surface area contributed by atoms with E-state index in [9.17, 15) is 0 Å². The van der Waals surface area contributed by atoms with Crippen molar-refractivity contribution in [3.05, 3.63) is 35.4 Å². The second kappa shape index (κ2) is 3.84. The molecular formula is C16H23N. The third kappa shape index (κ3) is 1.48. The van der Waals surface area contributed by atoms with Gasteiger partial charge >= 0.3 is 0 Å². The monoisotopic (exact) mass is 229 g/mol. The van der Waals surface area contributed by atoms with Crippen LogP contribution in [0.5, 0.6) is 0 Å². The first-order valence-electron chi connectivity index (χ1n) is 6.97. The van der Waals surface area contributed by atoms with Crippen LogP contribution in [-0.4, -0.2) is 12.6 Å². The number of fused-ring (bicyclic) bond motifs is 3. The fourth-order valence-corrected chi connectivity index (χ4v) is 4.36. The molecule has 1 saturated carbocycles. The number of rotatable bonds is 2. The van der Waals surface area contributed by atoms with Gasteiger partial charge in [0.15, 0.2) is 0 Å². The van der Waals surface area contributed by atoms with Gasteiger partial charge in [-0.25, -0.2) is 0 Å². The molecule has 3 rings (SSSR count). The van der Waals surface area contributed by atoms with Crippen molar-refractivity contribution in [2.75, 3.05) is 6.54 Å². The molecule has 3 atom stereocenters. The zero-order chi connectivity index (χ0) is 12.0. The zero-order valence-corrected chi connectivity index (χ0v) is 11.2. The molecule has 2 aliphatic carbocycles. The van der Waals surface area contributed by atoms with Crippen molar-refractivity contribution in [1.29, 1.82) is 0 Å². The van der Waals surface area contributed by atoms with Gasteiger partial charge in [-0.2, -0.15) is 0 Å². The lowest BCUT2D eigenvalue weighted by molar-refractivity contribution is -0.0207. The van der Waals surface area contributed by atoms with E-state index in [-0.39, 0.29) is 0 Å². The first kappa shape index (κ1) is 11.3. The number of aryl methyl sites for hydroxylation is 1. The Morgan fingerprint density at radius 3 is 2.82 bits per heavy atom. The van der Waals surface area contributed by atoms with Gasteiger partial charge in [-0.1, -0.05) is 45.0 Å². The van der Waals surface area contributed by atoms with Crippen molar-refractivity contribution < 1.29 is 0 Å². The van der Waals surface area contributed by atoms with Crippen LogP contribution in [-0.2, 0) is 6.42 Å². The molecule has 0 aromatic heterocycles. The van der Waals surface area contributed by atoms with Crippen molar-refractivity contribution >= 4 is 0 Å². The Bertz CT molecular complexity index is 421. The Balaban J connectivity index is 1.95. The van der Waals surface area contributed by atoms with Gasteiger partial charge in [-0.3, -0.25) is 0 Å². The average molecular weight is 229 g/mol. The van der Waals surface area contributed by atoms with Gasteiger partial charge in [0.05, 0.1) is 0 Å². The summed E-state index contributed by atoms with van der Waals surface area (Å²) in [4.78, 5) is 0. The molecule has 1 aromatic rings. The number of benzene rings is 1. The molecule has 92 valence electrons. The summed E-state index contributed by atoms with van der Waals surface area (Å²) in [5.41, 5.74) is 3.64. The molecule has 0 saturated heterocycles. The summed E-state index contributed by atoms with van der Waals surface area (Å²) in [5.74, 6) is 1.64. The fourth-order valence-electron chi connectivity index (χ4n) is 4.36. The normalized spacial score (nSPS) is 33.5. The minimum atomic E-state index is 0.414. The van der Waals surface area contributed by atoms with Gasteiger partial charge in [-0.05, 0) is 47.8 Å². The van der Waals surface area contributed by atoms with E-state index in [4.69, 9.17) is 0 Å². The summed E-state index contributed by atoms with van der Waals surface area (Å²) in [6, 6.07) is 9.79. The summed E-state index contributed by atoms with van der Waals surface area (Å²) in [5, 5.41) is 3.70. The van der Waals surface area contributed by atoms with E-state index in [1.165, 1.54) is 12.8 Å². The molecule has 0 bridgehead atoms. The summed E-state index contributed by atoms with van der Waals surface area (Å²) in [6.45, 7) is 8.19. The zero-order valence-electron chi connectivity index (χ0n) is 11.2. The van der Waals surface area contributed by atoms with E-state index < -0.39 is 0 Å². The van der Waals surface area contributed by atoms with Gasteiger partial charge in [-0.15, -0.1) is 0 Å². The van der Waals surface area contributed by atoms with Crippen molar-refractivity contribution in [1.82, 2.24) is 5.32 Å².